The molecule has 0 amide bonds. The highest BCUT2D eigenvalue weighted by atomic mass is 19.4. The number of nitrogens with zero attached hydrogens (tertiary/aromatic N) is 4. The Morgan fingerprint density at radius 2 is 1.70 bits per heavy atom. The minimum Gasteiger partial charge on any atom is -0.381 e. The topological polar surface area (TPSA) is 57.3 Å². The summed E-state index contributed by atoms with van der Waals surface area (Å²) in [4.78, 5) is 6.40. The normalized spacial score (nSPS) is 33.4. The lowest BCUT2D eigenvalue weighted by molar-refractivity contribution is -0.195. The summed E-state index contributed by atoms with van der Waals surface area (Å²) in [7, 11) is 8.27. The van der Waals surface area contributed by atoms with E-state index in [1.54, 1.807) is 0 Å². The molecule has 0 aromatic rings. The number of piperidine rings is 1. The van der Waals surface area contributed by atoms with Crippen LogP contribution in [0.15, 0.2) is 47.7 Å². The van der Waals surface area contributed by atoms with Crippen molar-refractivity contribution in [2.24, 2.45) is 23.7 Å². The second-order valence-corrected chi connectivity index (χ2v) is 13.4. The van der Waals surface area contributed by atoms with Crippen molar-refractivity contribution < 1.29 is 31.4 Å². The van der Waals surface area contributed by atoms with Crippen molar-refractivity contribution in [1.82, 2.24) is 30.5 Å². The smallest absolute Gasteiger partial charge is 0.381 e. The standard InChI is InChI=1S/C30H41BF6N6O/c1-18-42(23-10-4-8-20(12-23)26(19-6-3-7-19)27-39-38-17-40(27)2)16-25-24(30(35,36)37)13-22(15-43(18)25)28(31,44)41-11-5-9-21(14-41)29(32,33)34/h13,15-16,19-21,23,26-27,38-39,44H,1,3-12,14,17H2,2H3/t20-,21?,23?,26?,27?,28?/m0/s1. The van der Waals surface area contributed by atoms with Gasteiger partial charge in [0.15, 0.2) is 0 Å². The van der Waals surface area contributed by atoms with E-state index in [0.717, 1.165) is 43.3 Å². The summed E-state index contributed by atoms with van der Waals surface area (Å²) in [5.74, 6) is -0.0384. The van der Waals surface area contributed by atoms with Gasteiger partial charge in [0.1, 0.15) is 13.7 Å². The third kappa shape index (κ3) is 5.85. The first-order valence-corrected chi connectivity index (χ1v) is 15.7. The average molecular weight is 626 g/mol. The third-order valence-electron chi connectivity index (χ3n) is 10.8. The Hall–Kier alpha value is -2.00. The van der Waals surface area contributed by atoms with Gasteiger partial charge in [-0.3, -0.25) is 9.80 Å². The Kier molecular flexibility index (Phi) is 8.47. The molecule has 5 unspecified atom stereocenters. The summed E-state index contributed by atoms with van der Waals surface area (Å²) in [5, 5.41) is 11.3. The zero-order chi connectivity index (χ0) is 31.6. The molecule has 6 rings (SSSR count). The first-order valence-electron chi connectivity index (χ1n) is 15.7. The highest BCUT2D eigenvalue weighted by Crippen LogP contribution is 2.49. The Bertz CT molecular complexity index is 1210. The molecule has 6 aliphatic rings. The van der Waals surface area contributed by atoms with Gasteiger partial charge in [-0.2, -0.15) is 26.3 Å². The van der Waals surface area contributed by atoms with Crippen LogP contribution < -0.4 is 10.9 Å². The van der Waals surface area contributed by atoms with Crippen LogP contribution in [-0.2, 0) is 0 Å². The van der Waals surface area contributed by atoms with Crippen molar-refractivity contribution in [1.29, 1.82) is 0 Å². The maximum absolute atomic E-state index is 14.5. The van der Waals surface area contributed by atoms with E-state index >= 15 is 0 Å². The number of hydrazine groups is 1. The van der Waals surface area contributed by atoms with Crippen molar-refractivity contribution in [3.8, 4) is 0 Å². The van der Waals surface area contributed by atoms with E-state index in [-0.39, 0.29) is 42.9 Å². The van der Waals surface area contributed by atoms with E-state index in [9.17, 15) is 31.4 Å². The second-order valence-electron chi connectivity index (χ2n) is 13.4. The molecule has 0 spiro atoms. The molecule has 0 aromatic carbocycles. The number of likely N-dealkylation sites (tertiary alicyclic amines) is 1. The van der Waals surface area contributed by atoms with E-state index in [4.69, 9.17) is 7.85 Å². The Morgan fingerprint density at radius 3 is 2.32 bits per heavy atom. The van der Waals surface area contributed by atoms with Crippen LogP contribution in [0.2, 0.25) is 0 Å². The van der Waals surface area contributed by atoms with E-state index in [2.05, 4.69) is 29.4 Å². The molecule has 3 N–H and O–H groups in total. The van der Waals surface area contributed by atoms with Crippen LogP contribution >= 0.6 is 0 Å². The quantitative estimate of drug-likeness (QED) is 0.292. The van der Waals surface area contributed by atoms with Crippen LogP contribution in [0.5, 0.6) is 0 Å². The molecule has 2 aliphatic carbocycles. The van der Waals surface area contributed by atoms with Gasteiger partial charge in [0.05, 0.1) is 35.6 Å². The van der Waals surface area contributed by atoms with Gasteiger partial charge in [0.25, 0.3) is 0 Å². The number of rotatable bonds is 6. The van der Waals surface area contributed by atoms with Gasteiger partial charge in [-0.25, -0.2) is 10.9 Å². The minimum absolute atomic E-state index is 0.0219. The summed E-state index contributed by atoms with van der Waals surface area (Å²) in [6.07, 6.45) is 1.58. The van der Waals surface area contributed by atoms with Crippen LogP contribution in [0.1, 0.15) is 57.8 Å². The van der Waals surface area contributed by atoms with E-state index in [1.165, 1.54) is 36.6 Å². The largest absolute Gasteiger partial charge is 0.418 e. The molecule has 2 saturated heterocycles. The Morgan fingerprint density at radius 1 is 1.00 bits per heavy atom. The predicted molar refractivity (Wildman–Crippen MR) is 153 cm³/mol. The van der Waals surface area contributed by atoms with Gasteiger partial charge in [-0.1, -0.05) is 32.3 Å². The molecule has 2 saturated carbocycles. The van der Waals surface area contributed by atoms with Gasteiger partial charge >= 0.3 is 12.4 Å². The SMILES string of the molecule is [B]C(O)(C1=CN2C(=C)N(C3CCC[C@H](C(C4CCC4)C4NNCN4C)C3)C=C2C(C(F)(F)F)=C1)N1CCCC(C(F)(F)F)C1. The second kappa shape index (κ2) is 11.7. The number of allylic oxidation sites excluding steroid dienone is 1. The van der Waals surface area contributed by atoms with Crippen LogP contribution in [0.4, 0.5) is 26.3 Å². The monoisotopic (exact) mass is 626 g/mol. The molecule has 14 heteroatoms. The fraction of sp³-hybridized carbons (Fsp3) is 0.733. The third-order valence-corrected chi connectivity index (χ3v) is 10.8. The van der Waals surface area contributed by atoms with Crippen molar-refractivity contribution >= 4 is 7.85 Å². The molecule has 4 heterocycles. The molecule has 2 radical (unpaired) electrons. The number of fused-ring (bicyclic) bond motifs is 1. The lowest BCUT2D eigenvalue weighted by Gasteiger charge is -2.47. The van der Waals surface area contributed by atoms with Gasteiger partial charge in [-0.05, 0) is 63.0 Å². The molecular weight excluding hydrogens is 585 g/mol. The molecule has 242 valence electrons. The van der Waals surface area contributed by atoms with Crippen LogP contribution in [0, 0.1) is 23.7 Å². The molecule has 44 heavy (non-hydrogen) atoms. The number of hydrogen-bond donors (Lipinski definition) is 3. The number of nitrogens with one attached hydrogen (secondary N) is 2. The highest BCUT2D eigenvalue weighted by molar-refractivity contribution is 6.16. The van der Waals surface area contributed by atoms with Crippen molar-refractivity contribution in [3.05, 3.63) is 47.7 Å². The van der Waals surface area contributed by atoms with Crippen molar-refractivity contribution in [2.45, 2.75) is 88.0 Å². The summed E-state index contributed by atoms with van der Waals surface area (Å²) in [6, 6.07) is -0.0701. The summed E-state index contributed by atoms with van der Waals surface area (Å²) in [6.45, 7) is 4.31. The van der Waals surface area contributed by atoms with Crippen LogP contribution in [-0.4, -0.2) is 89.5 Å². The molecule has 7 nitrogen and oxygen atoms in total. The summed E-state index contributed by atoms with van der Waals surface area (Å²) >= 11 is 0. The molecule has 0 aromatic heterocycles. The average Bonchev–Trinajstić information content (AvgIpc) is 3.51. The molecule has 0 bridgehead atoms. The fourth-order valence-electron chi connectivity index (χ4n) is 8.16. The fourth-order valence-corrected chi connectivity index (χ4v) is 8.16. The van der Waals surface area contributed by atoms with E-state index < -0.39 is 36.0 Å². The minimum atomic E-state index is -4.80. The number of hydrogen-bond acceptors (Lipinski definition) is 7. The number of alkyl halides is 6. The first-order chi connectivity index (χ1) is 20.7. The molecule has 6 atom stereocenters. The van der Waals surface area contributed by atoms with Gasteiger partial charge in [0.2, 0.25) is 0 Å². The number of halogens is 6. The van der Waals surface area contributed by atoms with E-state index in [0.29, 0.717) is 23.6 Å². The van der Waals surface area contributed by atoms with Crippen LogP contribution in [0.3, 0.4) is 0 Å². The zero-order valence-electron chi connectivity index (χ0n) is 25.0. The predicted octanol–water partition coefficient (Wildman–Crippen LogP) is 4.69. The van der Waals surface area contributed by atoms with Gasteiger partial charge in [-0.15, -0.1) is 0 Å². The highest BCUT2D eigenvalue weighted by Gasteiger charge is 2.50. The maximum Gasteiger partial charge on any atom is 0.418 e. The van der Waals surface area contributed by atoms with Gasteiger partial charge < -0.3 is 14.9 Å². The molecule has 4 aliphatic heterocycles. The lowest BCUT2D eigenvalue weighted by Crippen LogP contribution is -2.56. The van der Waals surface area contributed by atoms with E-state index in [1.807, 2.05) is 4.90 Å². The van der Waals surface area contributed by atoms with Crippen molar-refractivity contribution in [3.63, 3.8) is 0 Å². The summed E-state index contributed by atoms with van der Waals surface area (Å²) in [5.41, 5.74) is 2.67. The lowest BCUT2D eigenvalue weighted by atomic mass is 9.65. The molecule has 4 fully saturated rings. The van der Waals surface area contributed by atoms with Crippen molar-refractivity contribution in [2.75, 3.05) is 26.8 Å². The Labute approximate surface area is 256 Å². The van der Waals surface area contributed by atoms with Gasteiger partial charge in [0, 0.05) is 37.1 Å². The zero-order valence-corrected chi connectivity index (χ0v) is 25.0. The summed E-state index contributed by atoms with van der Waals surface area (Å²) < 4.78 is 84.0. The maximum atomic E-state index is 14.5. The first kappa shape index (κ1) is 32.0. The Balaban J connectivity index is 1.26. The molecular formula is C30H41BF6N6O. The number of aliphatic hydroxyl groups is 1. The van der Waals surface area contributed by atoms with Crippen LogP contribution in [0.25, 0.3) is 0 Å².